The van der Waals surface area contributed by atoms with E-state index in [4.69, 9.17) is 0 Å². The minimum atomic E-state index is -3.86. The van der Waals surface area contributed by atoms with Gasteiger partial charge in [-0.1, -0.05) is 6.07 Å². The van der Waals surface area contributed by atoms with Crippen LogP contribution < -0.4 is 9.21 Å². The Morgan fingerprint density at radius 2 is 1.74 bits per heavy atom. The summed E-state index contributed by atoms with van der Waals surface area (Å²) in [7, 11) is -3.86. The molecule has 1 heterocycles. The summed E-state index contributed by atoms with van der Waals surface area (Å²) < 4.78 is 38.8. The second-order valence-corrected chi connectivity index (χ2v) is 9.25. The van der Waals surface area contributed by atoms with Crippen LogP contribution in [0.5, 0.6) is 0 Å². The third-order valence-corrected chi connectivity index (χ3v) is 6.30. The van der Waals surface area contributed by atoms with Crippen molar-refractivity contribution >= 4 is 33.0 Å². The van der Waals surface area contributed by atoms with Crippen molar-refractivity contribution in [1.82, 2.24) is 4.90 Å². The summed E-state index contributed by atoms with van der Waals surface area (Å²) in [6.07, 6.45) is 0.963. The van der Waals surface area contributed by atoms with Crippen LogP contribution in [0.1, 0.15) is 5.56 Å². The van der Waals surface area contributed by atoms with Crippen molar-refractivity contribution < 1.29 is 22.5 Å². The highest BCUT2D eigenvalue weighted by Gasteiger charge is 2.28. The highest BCUT2D eigenvalue weighted by atomic mass is 32.2. The lowest BCUT2D eigenvalue weighted by Gasteiger charge is -2.37. The van der Waals surface area contributed by atoms with Crippen molar-refractivity contribution in [1.29, 1.82) is 0 Å². The summed E-state index contributed by atoms with van der Waals surface area (Å²) in [5, 5.41) is 11.1. The fourth-order valence-corrected chi connectivity index (χ4v) is 4.35. The molecule has 1 aliphatic rings. The van der Waals surface area contributed by atoms with Gasteiger partial charge in [-0.15, -0.1) is 0 Å². The van der Waals surface area contributed by atoms with Gasteiger partial charge in [0.15, 0.2) is 0 Å². The van der Waals surface area contributed by atoms with Crippen LogP contribution in [0.15, 0.2) is 42.5 Å². The van der Waals surface area contributed by atoms with Crippen LogP contribution in [0, 0.1) is 22.9 Å². The zero-order valence-electron chi connectivity index (χ0n) is 17.2. The standard InChI is InChI=1S/C20H23FN4O5S/c1-15-3-6-18(25(27)28)13-19(15)24(31(2,29)30)14-20(26)23-11-9-22(10-12-23)17-7-4-16(21)5-8-17/h3-8,13H,9-12,14H2,1-2H3. The number of hydrogen-bond donors (Lipinski definition) is 0. The van der Waals surface area contributed by atoms with Crippen molar-refractivity contribution in [3.63, 3.8) is 0 Å². The highest BCUT2D eigenvalue weighted by molar-refractivity contribution is 7.92. The summed E-state index contributed by atoms with van der Waals surface area (Å²) in [6.45, 7) is 2.97. The molecule has 9 nitrogen and oxygen atoms in total. The van der Waals surface area contributed by atoms with Crippen LogP contribution in [-0.4, -0.2) is 63.1 Å². The first kappa shape index (κ1) is 22.5. The first-order valence-corrected chi connectivity index (χ1v) is 11.4. The zero-order valence-corrected chi connectivity index (χ0v) is 18.0. The molecule has 0 unspecified atom stereocenters. The van der Waals surface area contributed by atoms with E-state index in [9.17, 15) is 27.7 Å². The number of sulfonamides is 1. The molecule has 11 heteroatoms. The van der Waals surface area contributed by atoms with Gasteiger partial charge in [0.25, 0.3) is 5.69 Å². The second kappa shape index (κ2) is 8.88. The molecule has 3 rings (SSSR count). The first-order chi connectivity index (χ1) is 14.6. The number of hydrogen-bond acceptors (Lipinski definition) is 6. The Hall–Kier alpha value is -3.21. The Morgan fingerprint density at radius 3 is 2.29 bits per heavy atom. The van der Waals surface area contributed by atoms with Gasteiger partial charge in [0.1, 0.15) is 12.4 Å². The normalized spacial score (nSPS) is 14.4. The Kier molecular flexibility index (Phi) is 6.44. The molecule has 1 amide bonds. The van der Waals surface area contributed by atoms with Gasteiger partial charge in [-0.2, -0.15) is 0 Å². The predicted octanol–water partition coefficient (Wildman–Crippen LogP) is 2.16. The molecular formula is C20H23FN4O5S. The molecule has 0 spiro atoms. The number of nitrogens with zero attached hydrogens (tertiary/aromatic N) is 4. The molecule has 1 saturated heterocycles. The Balaban J connectivity index is 1.73. The number of benzene rings is 2. The van der Waals surface area contributed by atoms with Crippen LogP contribution in [0.3, 0.4) is 0 Å². The van der Waals surface area contributed by atoms with Gasteiger partial charge in [0.2, 0.25) is 15.9 Å². The summed E-state index contributed by atoms with van der Waals surface area (Å²) in [5.41, 5.74) is 1.20. The van der Waals surface area contributed by atoms with Gasteiger partial charge < -0.3 is 9.80 Å². The molecule has 166 valence electrons. The largest absolute Gasteiger partial charge is 0.368 e. The average molecular weight is 450 g/mol. The third kappa shape index (κ3) is 5.29. The molecule has 0 aromatic heterocycles. The molecule has 2 aromatic rings. The molecule has 0 bridgehead atoms. The number of aryl methyl sites for hydroxylation is 1. The van der Waals surface area contributed by atoms with Crippen LogP contribution in [0.4, 0.5) is 21.5 Å². The summed E-state index contributed by atoms with van der Waals surface area (Å²) in [4.78, 5) is 26.9. The molecule has 1 aliphatic heterocycles. The zero-order chi connectivity index (χ0) is 22.8. The van der Waals surface area contributed by atoms with Crippen LogP contribution in [0.2, 0.25) is 0 Å². The van der Waals surface area contributed by atoms with E-state index in [2.05, 4.69) is 0 Å². The van der Waals surface area contributed by atoms with Crippen molar-refractivity contribution in [2.24, 2.45) is 0 Å². The molecule has 0 saturated carbocycles. The topological polar surface area (TPSA) is 104 Å². The first-order valence-electron chi connectivity index (χ1n) is 9.57. The minimum Gasteiger partial charge on any atom is -0.368 e. The van der Waals surface area contributed by atoms with Crippen LogP contribution >= 0.6 is 0 Å². The monoisotopic (exact) mass is 450 g/mol. The highest BCUT2D eigenvalue weighted by Crippen LogP contribution is 2.27. The number of amides is 1. The van der Waals surface area contributed by atoms with Gasteiger partial charge in [0.05, 0.1) is 16.9 Å². The lowest BCUT2D eigenvalue weighted by atomic mass is 10.2. The van der Waals surface area contributed by atoms with Gasteiger partial charge >= 0.3 is 0 Å². The average Bonchev–Trinajstić information content (AvgIpc) is 2.72. The summed E-state index contributed by atoms with van der Waals surface area (Å²) >= 11 is 0. The Labute approximate surface area is 179 Å². The molecule has 0 radical (unpaired) electrons. The van der Waals surface area contributed by atoms with Crippen molar-refractivity contribution in [3.05, 3.63) is 64.0 Å². The summed E-state index contributed by atoms with van der Waals surface area (Å²) in [5.74, 6) is -0.718. The number of halogens is 1. The van der Waals surface area contributed by atoms with E-state index in [1.54, 1.807) is 24.0 Å². The molecule has 0 aliphatic carbocycles. The number of non-ortho nitro benzene ring substituents is 1. The van der Waals surface area contributed by atoms with Gasteiger partial charge in [-0.3, -0.25) is 19.2 Å². The number of anilines is 2. The smallest absolute Gasteiger partial charge is 0.271 e. The van der Waals surface area contributed by atoms with E-state index in [0.29, 0.717) is 31.7 Å². The minimum absolute atomic E-state index is 0.106. The van der Waals surface area contributed by atoms with E-state index in [0.717, 1.165) is 22.3 Å². The van der Waals surface area contributed by atoms with E-state index < -0.39 is 27.4 Å². The third-order valence-electron chi connectivity index (χ3n) is 5.18. The maximum Gasteiger partial charge on any atom is 0.271 e. The van der Waals surface area contributed by atoms with Gasteiger partial charge in [-0.25, -0.2) is 12.8 Å². The fraction of sp³-hybridized carbons (Fsp3) is 0.350. The second-order valence-electron chi connectivity index (χ2n) is 7.34. The number of piperazine rings is 1. The number of nitro benzene ring substituents is 1. The van der Waals surface area contributed by atoms with Crippen molar-refractivity contribution in [3.8, 4) is 0 Å². The Morgan fingerprint density at radius 1 is 1.13 bits per heavy atom. The number of nitro groups is 1. The fourth-order valence-electron chi connectivity index (χ4n) is 3.45. The van der Waals surface area contributed by atoms with E-state index in [1.807, 2.05) is 4.90 Å². The maximum atomic E-state index is 13.1. The van der Waals surface area contributed by atoms with Gasteiger partial charge in [0, 0.05) is 44.0 Å². The summed E-state index contributed by atoms with van der Waals surface area (Å²) in [6, 6.07) is 9.99. The number of rotatable bonds is 6. The number of carbonyl (C=O) groups is 1. The molecule has 1 fully saturated rings. The number of carbonyl (C=O) groups excluding carboxylic acids is 1. The lowest BCUT2D eigenvalue weighted by Crippen LogP contribution is -2.52. The Bertz CT molecular complexity index is 1080. The van der Waals surface area contributed by atoms with Gasteiger partial charge in [-0.05, 0) is 36.8 Å². The van der Waals surface area contributed by atoms with E-state index in [-0.39, 0.29) is 17.2 Å². The molecule has 0 N–H and O–H groups in total. The predicted molar refractivity (Wildman–Crippen MR) is 115 cm³/mol. The molecule has 31 heavy (non-hydrogen) atoms. The quantitative estimate of drug-likeness (QED) is 0.493. The lowest BCUT2D eigenvalue weighted by molar-refractivity contribution is -0.384. The van der Waals surface area contributed by atoms with Crippen LogP contribution in [-0.2, 0) is 14.8 Å². The molecule has 2 aromatic carbocycles. The van der Waals surface area contributed by atoms with E-state index in [1.165, 1.54) is 24.3 Å². The SMILES string of the molecule is Cc1ccc([N+](=O)[O-])cc1N(CC(=O)N1CCN(c2ccc(F)cc2)CC1)S(C)(=O)=O. The van der Waals surface area contributed by atoms with Crippen molar-refractivity contribution in [2.75, 3.05) is 48.2 Å². The maximum absolute atomic E-state index is 13.1. The molecule has 0 atom stereocenters. The van der Waals surface area contributed by atoms with Crippen molar-refractivity contribution in [2.45, 2.75) is 6.92 Å². The van der Waals surface area contributed by atoms with E-state index >= 15 is 0 Å². The molecular weight excluding hydrogens is 427 g/mol. The van der Waals surface area contributed by atoms with Crippen LogP contribution in [0.25, 0.3) is 0 Å².